The van der Waals surface area contributed by atoms with Gasteiger partial charge in [-0.1, -0.05) is 10.4 Å². The topological polar surface area (TPSA) is 134 Å². The Balaban J connectivity index is 1.03. The largest absolute Gasteiger partial charge is 0.444 e. The molecule has 5 heterocycles. The molecular formula is C22H19N9O3. The van der Waals surface area contributed by atoms with Gasteiger partial charge in [-0.3, -0.25) is 9.36 Å². The molecule has 1 saturated carbocycles. The second kappa shape index (κ2) is 7.07. The van der Waals surface area contributed by atoms with Crippen molar-refractivity contribution in [2.24, 2.45) is 18.9 Å². The third-order valence-corrected chi connectivity index (χ3v) is 6.82. The molecule has 1 aliphatic heterocycles. The number of piperidine rings is 1. The molecule has 0 radical (unpaired) electrons. The smallest absolute Gasteiger partial charge is 0.281 e. The van der Waals surface area contributed by atoms with E-state index in [0.29, 0.717) is 34.8 Å². The number of oxazole rings is 1. The highest BCUT2D eigenvalue weighted by atomic mass is 16.5. The fourth-order valence-corrected chi connectivity index (χ4v) is 5.02. The van der Waals surface area contributed by atoms with Gasteiger partial charge in [0.05, 0.1) is 6.20 Å². The minimum absolute atomic E-state index is 0.158. The lowest BCUT2D eigenvalue weighted by Gasteiger charge is -2.21. The van der Waals surface area contributed by atoms with Crippen LogP contribution in [0.3, 0.4) is 0 Å². The van der Waals surface area contributed by atoms with E-state index in [2.05, 4.69) is 59.6 Å². The summed E-state index contributed by atoms with van der Waals surface area (Å²) < 4.78 is 13.7. The Labute approximate surface area is 191 Å². The van der Waals surface area contributed by atoms with Gasteiger partial charge in [-0.25, -0.2) is 14.6 Å². The molecule has 34 heavy (non-hydrogen) atoms. The minimum atomic E-state index is -0.245. The highest BCUT2D eigenvalue weighted by Gasteiger charge is 2.58. The third-order valence-electron chi connectivity index (χ3n) is 6.82. The first-order valence-electron chi connectivity index (χ1n) is 11.0. The molecule has 0 amide bonds. The van der Waals surface area contributed by atoms with Crippen molar-refractivity contribution < 1.29 is 8.94 Å². The fourth-order valence-electron chi connectivity index (χ4n) is 5.02. The average Bonchev–Trinajstić information content (AvgIpc) is 3.47. The van der Waals surface area contributed by atoms with E-state index >= 15 is 0 Å². The zero-order chi connectivity index (χ0) is 22.8. The van der Waals surface area contributed by atoms with E-state index in [-0.39, 0.29) is 12.1 Å². The normalized spacial score (nSPS) is 21.3. The van der Waals surface area contributed by atoms with Crippen LogP contribution in [0.4, 0.5) is 5.69 Å². The van der Waals surface area contributed by atoms with Crippen LogP contribution in [0, 0.1) is 11.8 Å². The van der Waals surface area contributed by atoms with Gasteiger partial charge >= 0.3 is 0 Å². The van der Waals surface area contributed by atoms with Crippen molar-refractivity contribution in [2.75, 3.05) is 18.0 Å². The summed E-state index contributed by atoms with van der Waals surface area (Å²) in [5, 5.41) is 11.9. The van der Waals surface area contributed by atoms with Crippen molar-refractivity contribution >= 4 is 16.9 Å². The maximum absolute atomic E-state index is 12.7. The Morgan fingerprint density at radius 1 is 1.15 bits per heavy atom. The Kier molecular flexibility index (Phi) is 3.98. The van der Waals surface area contributed by atoms with E-state index in [4.69, 9.17) is 8.94 Å². The molecule has 170 valence electrons. The molecule has 0 spiro atoms. The number of rotatable bonds is 5. The second-order valence-corrected chi connectivity index (χ2v) is 8.78. The number of hydrogen-bond donors (Lipinski definition) is 0. The Bertz CT molecular complexity index is 1540. The van der Waals surface area contributed by atoms with Gasteiger partial charge in [0.2, 0.25) is 11.5 Å². The zero-order valence-electron chi connectivity index (χ0n) is 18.1. The van der Waals surface area contributed by atoms with Crippen LogP contribution in [0.2, 0.25) is 0 Å². The van der Waals surface area contributed by atoms with Crippen LogP contribution < -0.4 is 10.5 Å². The van der Waals surface area contributed by atoms with Crippen molar-refractivity contribution in [3.63, 3.8) is 0 Å². The fraction of sp³-hybridized carbons (Fsp3) is 0.318. The molecule has 0 N–H and O–H groups in total. The SMILES string of the molecule is Cn1nnc2ncn(Cc3nc(C4C5CN(c6ccc(-c7cnco7)cc6)C[C@@H]54)no3)c(=O)c21. The molecule has 1 saturated heterocycles. The number of nitrogens with zero attached hydrogens (tertiary/aromatic N) is 9. The highest BCUT2D eigenvalue weighted by Crippen LogP contribution is 2.57. The maximum atomic E-state index is 12.7. The summed E-state index contributed by atoms with van der Waals surface area (Å²) in [6, 6.07) is 8.34. The molecule has 1 aromatic carbocycles. The van der Waals surface area contributed by atoms with Crippen molar-refractivity contribution in [3.8, 4) is 11.3 Å². The summed E-state index contributed by atoms with van der Waals surface area (Å²) in [5.41, 5.74) is 2.61. The second-order valence-electron chi connectivity index (χ2n) is 8.78. The van der Waals surface area contributed by atoms with E-state index in [1.165, 1.54) is 27.7 Å². The van der Waals surface area contributed by atoms with Crippen LogP contribution in [0.5, 0.6) is 0 Å². The molecule has 1 aliphatic carbocycles. The summed E-state index contributed by atoms with van der Waals surface area (Å²) >= 11 is 0. The van der Waals surface area contributed by atoms with E-state index in [1.807, 2.05) is 0 Å². The Hall–Kier alpha value is -4.35. The first-order chi connectivity index (χ1) is 16.7. The molecule has 0 bridgehead atoms. The molecule has 4 aromatic heterocycles. The van der Waals surface area contributed by atoms with E-state index in [9.17, 15) is 4.79 Å². The molecule has 2 fully saturated rings. The first kappa shape index (κ1) is 19.1. The van der Waals surface area contributed by atoms with Gasteiger partial charge in [0.25, 0.3) is 5.56 Å². The van der Waals surface area contributed by atoms with Crippen LogP contribution in [0.1, 0.15) is 17.6 Å². The number of fused-ring (bicyclic) bond motifs is 2. The van der Waals surface area contributed by atoms with Gasteiger partial charge < -0.3 is 13.8 Å². The molecule has 12 nitrogen and oxygen atoms in total. The van der Waals surface area contributed by atoms with Crippen molar-refractivity contribution in [1.29, 1.82) is 0 Å². The van der Waals surface area contributed by atoms with Crippen LogP contribution >= 0.6 is 0 Å². The minimum Gasteiger partial charge on any atom is -0.444 e. The van der Waals surface area contributed by atoms with Crippen molar-refractivity contribution in [3.05, 3.63) is 65.3 Å². The van der Waals surface area contributed by atoms with E-state index in [1.54, 1.807) is 13.2 Å². The zero-order valence-corrected chi connectivity index (χ0v) is 18.1. The molecule has 12 heteroatoms. The summed E-state index contributed by atoms with van der Waals surface area (Å²) in [6.45, 7) is 2.06. The maximum Gasteiger partial charge on any atom is 0.281 e. The predicted molar refractivity (Wildman–Crippen MR) is 118 cm³/mol. The summed E-state index contributed by atoms with van der Waals surface area (Å²) in [7, 11) is 1.66. The lowest BCUT2D eigenvalue weighted by Crippen LogP contribution is -2.23. The van der Waals surface area contributed by atoms with Crippen LogP contribution in [-0.4, -0.2) is 52.8 Å². The van der Waals surface area contributed by atoms with Gasteiger partial charge in [-0.2, -0.15) is 4.98 Å². The highest BCUT2D eigenvalue weighted by molar-refractivity contribution is 5.67. The van der Waals surface area contributed by atoms with E-state index < -0.39 is 0 Å². The Morgan fingerprint density at radius 2 is 1.97 bits per heavy atom. The molecule has 7 rings (SSSR count). The lowest BCUT2D eigenvalue weighted by atomic mass is 10.1. The summed E-state index contributed by atoms with van der Waals surface area (Å²) in [5.74, 6) is 3.16. The predicted octanol–water partition coefficient (Wildman–Crippen LogP) is 1.46. The van der Waals surface area contributed by atoms with Gasteiger partial charge in [0, 0.05) is 37.3 Å². The summed E-state index contributed by atoms with van der Waals surface area (Å²) in [6.07, 6.45) is 4.58. The average molecular weight is 457 g/mol. The van der Waals surface area contributed by atoms with Gasteiger partial charge in [0.15, 0.2) is 23.5 Å². The van der Waals surface area contributed by atoms with E-state index in [0.717, 1.165) is 30.2 Å². The quantitative estimate of drug-likeness (QED) is 0.382. The van der Waals surface area contributed by atoms with Crippen LogP contribution in [-0.2, 0) is 13.6 Å². The number of benzene rings is 1. The van der Waals surface area contributed by atoms with Gasteiger partial charge in [0.1, 0.15) is 12.9 Å². The molecule has 2 unspecified atom stereocenters. The van der Waals surface area contributed by atoms with Gasteiger partial charge in [-0.05, 0) is 36.1 Å². The number of aromatic nitrogens is 8. The molecule has 5 aromatic rings. The number of hydrogen-bond acceptors (Lipinski definition) is 10. The van der Waals surface area contributed by atoms with Crippen LogP contribution in [0.15, 0.2) is 56.9 Å². The van der Waals surface area contributed by atoms with Gasteiger partial charge in [-0.15, -0.1) is 5.10 Å². The first-order valence-corrected chi connectivity index (χ1v) is 11.0. The van der Waals surface area contributed by atoms with Crippen LogP contribution in [0.25, 0.3) is 22.5 Å². The monoisotopic (exact) mass is 457 g/mol. The number of aryl methyl sites for hydroxylation is 1. The molecule has 2 aliphatic rings. The van der Waals surface area contributed by atoms with Crippen molar-refractivity contribution in [1.82, 2.24) is 39.7 Å². The standard InChI is InChI=1S/C22H19N9O3/c1-29-19-21(26-28-29)24-10-31(22(19)32)9-17-25-20(27-34-17)18-14-7-30(8-15(14)18)13-4-2-12(3-5-13)16-6-23-11-33-16/h2-6,10-11,14-15,18H,7-9H2,1H3/t14-,15?,18?/m0/s1. The molecule has 3 atom stereocenters. The third kappa shape index (κ3) is 2.95. The Morgan fingerprint density at radius 3 is 2.74 bits per heavy atom. The molecular weight excluding hydrogens is 438 g/mol. The lowest BCUT2D eigenvalue weighted by molar-refractivity contribution is 0.363. The summed E-state index contributed by atoms with van der Waals surface area (Å²) in [4.78, 5) is 27.8. The van der Waals surface area contributed by atoms with Crippen molar-refractivity contribution in [2.45, 2.75) is 12.5 Å². The number of anilines is 1.